The topological polar surface area (TPSA) is 59.5 Å². The third-order valence-electron chi connectivity index (χ3n) is 4.57. The lowest BCUT2D eigenvalue weighted by molar-refractivity contribution is 0.277. The van der Waals surface area contributed by atoms with Gasteiger partial charge in [-0.1, -0.05) is 42.5 Å². The van der Waals surface area contributed by atoms with Crippen LogP contribution in [0.2, 0.25) is 0 Å². The maximum atomic E-state index is 5.88. The Kier molecular flexibility index (Phi) is 5.99. The summed E-state index contributed by atoms with van der Waals surface area (Å²) < 4.78 is 11.7. The van der Waals surface area contributed by atoms with Gasteiger partial charge in [-0.25, -0.2) is 4.98 Å². The molecule has 0 unspecified atom stereocenters. The molecule has 2 heterocycles. The Balaban J connectivity index is 1.34. The minimum atomic E-state index is 0.395. The zero-order valence-electron chi connectivity index (χ0n) is 15.8. The van der Waals surface area contributed by atoms with Crippen LogP contribution in [0.15, 0.2) is 66.9 Å². The minimum absolute atomic E-state index is 0.395. The number of hydrogen-bond donors (Lipinski definition) is 1. The first-order valence-corrected chi connectivity index (χ1v) is 9.54. The molecule has 0 saturated carbocycles. The summed E-state index contributed by atoms with van der Waals surface area (Å²) in [4.78, 5) is 11.0. The number of nitrogens with one attached hydrogen (secondary N) is 1. The molecule has 6 heteroatoms. The highest BCUT2D eigenvalue weighted by Gasteiger charge is 2.12. The molecular formula is C22H24N4O2. The fraction of sp³-hybridized carbons (Fsp3) is 0.273. The van der Waals surface area contributed by atoms with E-state index in [1.807, 2.05) is 48.5 Å². The van der Waals surface area contributed by atoms with Gasteiger partial charge in [0.05, 0.1) is 0 Å². The lowest BCUT2D eigenvalue weighted by Gasteiger charge is -2.28. The average molecular weight is 376 g/mol. The molecule has 0 aliphatic carbocycles. The summed E-state index contributed by atoms with van der Waals surface area (Å²) in [5.74, 6) is 1.73. The Hall–Kier alpha value is -3.12. The van der Waals surface area contributed by atoms with Gasteiger partial charge in [-0.05, 0) is 29.3 Å². The molecule has 144 valence electrons. The summed E-state index contributed by atoms with van der Waals surface area (Å²) in [5.41, 5.74) is 2.16. The van der Waals surface area contributed by atoms with E-state index in [-0.39, 0.29) is 0 Å². The predicted molar refractivity (Wildman–Crippen MR) is 109 cm³/mol. The third-order valence-corrected chi connectivity index (χ3v) is 4.57. The van der Waals surface area contributed by atoms with E-state index in [0.717, 1.165) is 48.9 Å². The van der Waals surface area contributed by atoms with E-state index in [2.05, 4.69) is 32.3 Å². The van der Waals surface area contributed by atoms with Crippen LogP contribution in [0.5, 0.6) is 11.8 Å². The van der Waals surface area contributed by atoms with Crippen molar-refractivity contribution >= 4 is 5.82 Å². The van der Waals surface area contributed by atoms with Crippen molar-refractivity contribution in [2.75, 3.05) is 31.1 Å². The highest BCUT2D eigenvalue weighted by atomic mass is 16.5. The van der Waals surface area contributed by atoms with Gasteiger partial charge >= 0.3 is 6.01 Å². The quantitative estimate of drug-likeness (QED) is 0.684. The van der Waals surface area contributed by atoms with Crippen LogP contribution < -0.4 is 19.7 Å². The Morgan fingerprint density at radius 1 is 0.857 bits per heavy atom. The number of hydrogen-bond acceptors (Lipinski definition) is 6. The van der Waals surface area contributed by atoms with Crippen LogP contribution >= 0.6 is 0 Å². The van der Waals surface area contributed by atoms with Gasteiger partial charge in [-0.2, -0.15) is 4.98 Å². The lowest BCUT2D eigenvalue weighted by Crippen LogP contribution is -2.43. The number of ether oxygens (including phenoxy) is 2. The Morgan fingerprint density at radius 2 is 1.64 bits per heavy atom. The van der Waals surface area contributed by atoms with Crippen LogP contribution in [0.4, 0.5) is 5.82 Å². The average Bonchev–Trinajstić information content (AvgIpc) is 2.78. The normalized spacial score (nSPS) is 13.9. The van der Waals surface area contributed by atoms with Gasteiger partial charge in [0, 0.05) is 32.4 Å². The maximum Gasteiger partial charge on any atom is 0.318 e. The van der Waals surface area contributed by atoms with Crippen molar-refractivity contribution in [1.29, 1.82) is 0 Å². The van der Waals surface area contributed by atoms with Crippen LogP contribution in [-0.4, -0.2) is 36.1 Å². The summed E-state index contributed by atoms with van der Waals surface area (Å²) in [6.07, 6.45) is 1.75. The number of benzene rings is 2. The van der Waals surface area contributed by atoms with Crippen LogP contribution in [-0.2, 0) is 13.2 Å². The smallest absolute Gasteiger partial charge is 0.318 e. The molecule has 3 aromatic rings. The van der Waals surface area contributed by atoms with Crippen molar-refractivity contribution in [3.8, 4) is 11.8 Å². The molecule has 1 aromatic heterocycles. The van der Waals surface area contributed by atoms with E-state index >= 15 is 0 Å². The summed E-state index contributed by atoms with van der Waals surface area (Å²) >= 11 is 0. The monoisotopic (exact) mass is 376 g/mol. The minimum Gasteiger partial charge on any atom is -0.489 e. The maximum absolute atomic E-state index is 5.88. The van der Waals surface area contributed by atoms with Crippen molar-refractivity contribution < 1.29 is 9.47 Å². The van der Waals surface area contributed by atoms with Crippen LogP contribution in [0, 0.1) is 0 Å². The second kappa shape index (κ2) is 9.19. The second-order valence-corrected chi connectivity index (χ2v) is 6.64. The van der Waals surface area contributed by atoms with E-state index in [1.54, 1.807) is 6.20 Å². The zero-order chi connectivity index (χ0) is 19.0. The third kappa shape index (κ3) is 4.98. The molecule has 1 saturated heterocycles. The lowest BCUT2D eigenvalue weighted by atomic mass is 10.2. The summed E-state index contributed by atoms with van der Waals surface area (Å²) in [7, 11) is 0. The molecule has 2 aromatic carbocycles. The molecule has 28 heavy (non-hydrogen) atoms. The van der Waals surface area contributed by atoms with E-state index < -0.39 is 0 Å². The first-order valence-electron chi connectivity index (χ1n) is 9.54. The van der Waals surface area contributed by atoms with E-state index in [1.165, 1.54) is 0 Å². The SMILES string of the molecule is c1ccc(COc2cccc(COc3nccc(N4CCNCC4)n3)c2)cc1. The van der Waals surface area contributed by atoms with Crippen molar-refractivity contribution in [2.45, 2.75) is 13.2 Å². The standard InChI is InChI=1S/C22H24N4O2/c1-2-5-18(6-3-1)16-27-20-8-4-7-19(15-20)17-28-22-24-10-9-21(25-22)26-13-11-23-12-14-26/h1-10,15,23H,11-14,16-17H2. The molecule has 0 spiro atoms. The van der Waals surface area contributed by atoms with E-state index in [4.69, 9.17) is 9.47 Å². The summed E-state index contributed by atoms with van der Waals surface area (Å²) in [6, 6.07) is 20.4. The predicted octanol–water partition coefficient (Wildman–Crippen LogP) is 3.04. The number of nitrogens with zero attached hydrogens (tertiary/aromatic N) is 3. The number of rotatable bonds is 7. The first kappa shape index (κ1) is 18.3. The summed E-state index contributed by atoms with van der Waals surface area (Å²) in [6.45, 7) is 4.76. The molecule has 0 radical (unpaired) electrons. The molecule has 0 amide bonds. The highest BCUT2D eigenvalue weighted by molar-refractivity contribution is 5.39. The van der Waals surface area contributed by atoms with Crippen LogP contribution in [0.1, 0.15) is 11.1 Å². The van der Waals surface area contributed by atoms with E-state index in [0.29, 0.717) is 19.2 Å². The zero-order valence-corrected chi connectivity index (χ0v) is 15.8. The van der Waals surface area contributed by atoms with Gasteiger partial charge in [0.25, 0.3) is 0 Å². The van der Waals surface area contributed by atoms with Gasteiger partial charge in [0.1, 0.15) is 24.8 Å². The first-order chi connectivity index (χ1) is 13.9. The Morgan fingerprint density at radius 3 is 2.50 bits per heavy atom. The van der Waals surface area contributed by atoms with Crippen LogP contribution in [0.3, 0.4) is 0 Å². The molecule has 0 bridgehead atoms. The Labute approximate surface area is 165 Å². The van der Waals surface area contributed by atoms with Crippen molar-refractivity contribution in [2.24, 2.45) is 0 Å². The molecule has 1 aliphatic heterocycles. The molecule has 1 fully saturated rings. The molecule has 1 aliphatic rings. The number of anilines is 1. The highest BCUT2D eigenvalue weighted by Crippen LogP contribution is 2.18. The van der Waals surface area contributed by atoms with Crippen molar-refractivity contribution in [1.82, 2.24) is 15.3 Å². The number of aromatic nitrogens is 2. The molecular weight excluding hydrogens is 352 g/mol. The van der Waals surface area contributed by atoms with Gasteiger partial charge < -0.3 is 19.7 Å². The summed E-state index contributed by atoms with van der Waals surface area (Å²) in [5, 5.41) is 3.34. The number of piperazine rings is 1. The van der Waals surface area contributed by atoms with Gasteiger partial charge in [-0.15, -0.1) is 0 Å². The van der Waals surface area contributed by atoms with Crippen LogP contribution in [0.25, 0.3) is 0 Å². The van der Waals surface area contributed by atoms with Crippen molar-refractivity contribution in [3.63, 3.8) is 0 Å². The fourth-order valence-corrected chi connectivity index (χ4v) is 3.09. The van der Waals surface area contributed by atoms with Gasteiger partial charge in [0.15, 0.2) is 0 Å². The molecule has 0 atom stereocenters. The van der Waals surface area contributed by atoms with Gasteiger partial charge in [-0.3, -0.25) is 0 Å². The second-order valence-electron chi connectivity index (χ2n) is 6.64. The fourth-order valence-electron chi connectivity index (χ4n) is 3.09. The van der Waals surface area contributed by atoms with Crippen molar-refractivity contribution in [3.05, 3.63) is 78.0 Å². The van der Waals surface area contributed by atoms with E-state index in [9.17, 15) is 0 Å². The largest absolute Gasteiger partial charge is 0.489 e. The van der Waals surface area contributed by atoms with Gasteiger partial charge in [0.2, 0.25) is 0 Å². The molecule has 4 rings (SSSR count). The molecule has 1 N–H and O–H groups in total. The molecule has 6 nitrogen and oxygen atoms in total. The Bertz CT molecular complexity index is 882.